The lowest BCUT2D eigenvalue weighted by atomic mass is 10.2. The van der Waals surface area contributed by atoms with Crippen LogP contribution in [-0.2, 0) is 4.79 Å². The van der Waals surface area contributed by atoms with Gasteiger partial charge in [-0.3, -0.25) is 4.79 Å². The summed E-state index contributed by atoms with van der Waals surface area (Å²) < 4.78 is 0. The zero-order valence-corrected chi connectivity index (χ0v) is 10.1. The van der Waals surface area contributed by atoms with Crippen molar-refractivity contribution in [3.8, 4) is 0 Å². The minimum absolute atomic E-state index is 0.149. The second kappa shape index (κ2) is 6.24. The molecule has 2 nitrogen and oxygen atoms in total. The molecule has 2 rings (SSSR count). The van der Waals surface area contributed by atoms with Crippen LogP contribution in [0.1, 0.15) is 31.2 Å². The molecule has 0 spiro atoms. The van der Waals surface area contributed by atoms with Crippen molar-refractivity contribution < 1.29 is 4.79 Å². The number of nitrogens with zero attached hydrogens (tertiary/aromatic N) is 1. The van der Waals surface area contributed by atoms with E-state index in [2.05, 4.69) is 0 Å². The van der Waals surface area contributed by atoms with Crippen LogP contribution in [0.15, 0.2) is 36.4 Å². The number of amides is 1. The minimum Gasteiger partial charge on any atom is -0.339 e. The van der Waals surface area contributed by atoms with E-state index < -0.39 is 0 Å². The third-order valence-electron chi connectivity index (χ3n) is 3.14. The number of carbonyl (C=O) groups is 1. The van der Waals surface area contributed by atoms with Crippen LogP contribution in [-0.4, -0.2) is 23.9 Å². The van der Waals surface area contributed by atoms with Gasteiger partial charge in [0.1, 0.15) is 0 Å². The van der Waals surface area contributed by atoms with E-state index in [4.69, 9.17) is 0 Å². The third kappa shape index (κ3) is 3.74. The molecule has 90 valence electrons. The molecule has 1 heterocycles. The maximum Gasteiger partial charge on any atom is 0.246 e. The van der Waals surface area contributed by atoms with Gasteiger partial charge < -0.3 is 4.90 Å². The summed E-state index contributed by atoms with van der Waals surface area (Å²) in [5, 5.41) is 0. The molecule has 0 aromatic heterocycles. The topological polar surface area (TPSA) is 20.3 Å². The Morgan fingerprint density at radius 1 is 1.00 bits per heavy atom. The van der Waals surface area contributed by atoms with Crippen LogP contribution in [0.5, 0.6) is 0 Å². The molecule has 1 amide bonds. The van der Waals surface area contributed by atoms with E-state index in [1.165, 1.54) is 12.8 Å². The monoisotopic (exact) mass is 229 g/mol. The van der Waals surface area contributed by atoms with Gasteiger partial charge in [-0.1, -0.05) is 43.2 Å². The summed E-state index contributed by atoms with van der Waals surface area (Å²) in [4.78, 5) is 13.9. The molecule has 1 fully saturated rings. The molecule has 0 unspecified atom stereocenters. The Morgan fingerprint density at radius 3 is 2.29 bits per heavy atom. The normalized spacial score (nSPS) is 17.1. The van der Waals surface area contributed by atoms with Gasteiger partial charge in [0.05, 0.1) is 0 Å². The average molecular weight is 229 g/mol. The van der Waals surface area contributed by atoms with Crippen LogP contribution in [0, 0.1) is 0 Å². The summed E-state index contributed by atoms with van der Waals surface area (Å²) in [5.41, 5.74) is 1.08. The summed E-state index contributed by atoms with van der Waals surface area (Å²) in [7, 11) is 0. The van der Waals surface area contributed by atoms with Crippen LogP contribution in [0.4, 0.5) is 0 Å². The van der Waals surface area contributed by atoms with Gasteiger partial charge in [-0.2, -0.15) is 0 Å². The molecule has 0 bridgehead atoms. The van der Waals surface area contributed by atoms with Crippen molar-refractivity contribution >= 4 is 12.0 Å². The molecule has 2 heteroatoms. The Labute approximate surface area is 103 Å². The minimum atomic E-state index is 0.149. The fourth-order valence-electron chi connectivity index (χ4n) is 2.13. The number of hydrogen-bond acceptors (Lipinski definition) is 1. The molecule has 1 saturated heterocycles. The first kappa shape index (κ1) is 11.9. The van der Waals surface area contributed by atoms with Gasteiger partial charge in [0.2, 0.25) is 5.91 Å². The van der Waals surface area contributed by atoms with Gasteiger partial charge in [-0.15, -0.1) is 0 Å². The van der Waals surface area contributed by atoms with Gasteiger partial charge >= 0.3 is 0 Å². The lowest BCUT2D eigenvalue weighted by molar-refractivity contribution is -0.125. The van der Waals surface area contributed by atoms with Crippen molar-refractivity contribution in [2.24, 2.45) is 0 Å². The quantitative estimate of drug-likeness (QED) is 0.714. The molecule has 1 aromatic rings. The second-order valence-corrected chi connectivity index (χ2v) is 4.48. The molecule has 0 saturated carbocycles. The van der Waals surface area contributed by atoms with Crippen molar-refractivity contribution in [2.45, 2.75) is 25.7 Å². The predicted molar refractivity (Wildman–Crippen MR) is 70.5 cm³/mol. The highest BCUT2D eigenvalue weighted by atomic mass is 16.2. The SMILES string of the molecule is O=C(/C=C\c1ccccc1)N1CCCCCC1. The molecule has 17 heavy (non-hydrogen) atoms. The van der Waals surface area contributed by atoms with Gasteiger partial charge in [0, 0.05) is 19.2 Å². The zero-order valence-electron chi connectivity index (χ0n) is 10.1. The molecule has 0 aliphatic carbocycles. The van der Waals surface area contributed by atoms with E-state index in [1.54, 1.807) is 6.08 Å². The van der Waals surface area contributed by atoms with Crippen LogP contribution in [0.2, 0.25) is 0 Å². The van der Waals surface area contributed by atoms with Crippen LogP contribution >= 0.6 is 0 Å². The Morgan fingerprint density at radius 2 is 1.65 bits per heavy atom. The summed E-state index contributed by atoms with van der Waals surface area (Å²) >= 11 is 0. The lowest BCUT2D eigenvalue weighted by Gasteiger charge is -2.17. The standard InChI is InChI=1S/C15H19NO/c17-15(16-12-6-1-2-7-13-16)11-10-14-8-4-3-5-9-14/h3-5,8-11H,1-2,6-7,12-13H2/b11-10-. The van der Waals surface area contributed by atoms with Crippen molar-refractivity contribution in [2.75, 3.05) is 13.1 Å². The number of hydrogen-bond donors (Lipinski definition) is 0. The number of carbonyl (C=O) groups excluding carboxylic acids is 1. The fraction of sp³-hybridized carbons (Fsp3) is 0.400. The van der Waals surface area contributed by atoms with Gasteiger partial charge in [0.15, 0.2) is 0 Å². The van der Waals surface area contributed by atoms with Crippen molar-refractivity contribution in [1.29, 1.82) is 0 Å². The third-order valence-corrected chi connectivity index (χ3v) is 3.14. The van der Waals surface area contributed by atoms with Crippen LogP contribution in [0.25, 0.3) is 6.08 Å². The van der Waals surface area contributed by atoms with E-state index in [0.717, 1.165) is 31.5 Å². The van der Waals surface area contributed by atoms with Gasteiger partial charge in [-0.25, -0.2) is 0 Å². The summed E-state index contributed by atoms with van der Waals surface area (Å²) in [6.45, 7) is 1.83. The van der Waals surface area contributed by atoms with E-state index in [-0.39, 0.29) is 5.91 Å². The number of likely N-dealkylation sites (tertiary alicyclic amines) is 1. The molecule has 0 atom stereocenters. The van der Waals surface area contributed by atoms with E-state index >= 15 is 0 Å². The largest absolute Gasteiger partial charge is 0.339 e. The van der Waals surface area contributed by atoms with Crippen LogP contribution in [0.3, 0.4) is 0 Å². The maximum atomic E-state index is 12.0. The fourth-order valence-corrected chi connectivity index (χ4v) is 2.13. The maximum absolute atomic E-state index is 12.0. The van der Waals surface area contributed by atoms with Crippen molar-refractivity contribution in [3.63, 3.8) is 0 Å². The summed E-state index contributed by atoms with van der Waals surface area (Å²) in [6.07, 6.45) is 8.39. The van der Waals surface area contributed by atoms with E-state index in [1.807, 2.05) is 41.3 Å². The van der Waals surface area contributed by atoms with E-state index in [0.29, 0.717) is 0 Å². The van der Waals surface area contributed by atoms with E-state index in [9.17, 15) is 4.79 Å². The lowest BCUT2D eigenvalue weighted by Crippen LogP contribution is -2.30. The average Bonchev–Trinajstić information content (AvgIpc) is 2.66. The van der Waals surface area contributed by atoms with Gasteiger partial charge in [0.25, 0.3) is 0 Å². The molecular weight excluding hydrogens is 210 g/mol. The van der Waals surface area contributed by atoms with Crippen molar-refractivity contribution in [1.82, 2.24) is 4.90 Å². The summed E-state index contributed by atoms with van der Waals surface area (Å²) in [5.74, 6) is 0.149. The second-order valence-electron chi connectivity index (χ2n) is 4.48. The molecular formula is C15H19NO. The zero-order chi connectivity index (χ0) is 11.9. The number of rotatable bonds is 2. The first-order valence-electron chi connectivity index (χ1n) is 6.38. The predicted octanol–water partition coefficient (Wildman–Crippen LogP) is 3.10. The number of benzene rings is 1. The molecule has 1 aromatic carbocycles. The molecule has 0 N–H and O–H groups in total. The summed E-state index contributed by atoms with van der Waals surface area (Å²) in [6, 6.07) is 9.96. The van der Waals surface area contributed by atoms with Crippen molar-refractivity contribution in [3.05, 3.63) is 42.0 Å². The molecule has 1 aliphatic rings. The first-order valence-corrected chi connectivity index (χ1v) is 6.38. The highest BCUT2D eigenvalue weighted by Crippen LogP contribution is 2.10. The smallest absolute Gasteiger partial charge is 0.246 e. The first-order chi connectivity index (χ1) is 8.36. The van der Waals surface area contributed by atoms with Gasteiger partial charge in [-0.05, 0) is 24.5 Å². The Hall–Kier alpha value is -1.57. The Balaban J connectivity index is 1.94. The highest BCUT2D eigenvalue weighted by molar-refractivity contribution is 5.91. The highest BCUT2D eigenvalue weighted by Gasteiger charge is 2.12. The Bertz CT molecular complexity index is 375. The molecule has 0 radical (unpaired) electrons. The van der Waals surface area contributed by atoms with Crippen LogP contribution < -0.4 is 0 Å². The Kier molecular flexibility index (Phi) is 4.37. The molecule has 1 aliphatic heterocycles.